The van der Waals surface area contributed by atoms with Gasteiger partial charge < -0.3 is 9.30 Å². The molecule has 0 saturated heterocycles. The van der Waals surface area contributed by atoms with Gasteiger partial charge in [-0.15, -0.1) is 0 Å². The van der Waals surface area contributed by atoms with Crippen LogP contribution in [0.4, 0.5) is 0 Å². The molecule has 0 aliphatic carbocycles. The number of nitrogens with one attached hydrogen (secondary N) is 1. The Morgan fingerprint density at radius 2 is 0.920 bits per heavy atom. The lowest BCUT2D eigenvalue weighted by Gasteiger charge is -2.41. The first-order valence-electron chi connectivity index (χ1n) is 16.9. The molecule has 6 aromatic carbocycles. The van der Waals surface area contributed by atoms with Crippen LogP contribution in [0.1, 0.15) is 39.1 Å². The molecule has 1 heterocycles. The van der Waals surface area contributed by atoms with Crippen LogP contribution in [0.3, 0.4) is 0 Å². The van der Waals surface area contributed by atoms with Crippen LogP contribution in [0.2, 0.25) is 0 Å². The van der Waals surface area contributed by atoms with Crippen LogP contribution < -0.4 is 5.32 Å². The number of imidazole rings is 1. The molecule has 0 saturated carbocycles. The van der Waals surface area contributed by atoms with E-state index in [1.54, 1.807) is 0 Å². The van der Waals surface area contributed by atoms with Crippen LogP contribution in [0, 0.1) is 0 Å². The summed E-state index contributed by atoms with van der Waals surface area (Å²) in [6, 6.07) is 61.6. The van der Waals surface area contributed by atoms with Crippen molar-refractivity contribution in [3.05, 3.63) is 234 Å². The monoisotopic (exact) mass is 653 g/mol. The van der Waals surface area contributed by atoms with Crippen LogP contribution in [-0.2, 0) is 27.0 Å². The molecule has 0 aliphatic heterocycles. The quantitative estimate of drug-likeness (QED) is 0.106. The normalized spacial score (nSPS) is 12.3. The van der Waals surface area contributed by atoms with Crippen molar-refractivity contribution in [3.63, 3.8) is 0 Å². The van der Waals surface area contributed by atoms with E-state index in [0.717, 1.165) is 39.1 Å². The van der Waals surface area contributed by atoms with Gasteiger partial charge in [0.05, 0.1) is 19.0 Å². The minimum absolute atomic E-state index is 0.301. The lowest BCUT2D eigenvalue weighted by Crippen LogP contribution is -2.54. The van der Waals surface area contributed by atoms with Crippen LogP contribution in [0.15, 0.2) is 195 Å². The van der Waals surface area contributed by atoms with Gasteiger partial charge in [0.1, 0.15) is 11.6 Å². The maximum absolute atomic E-state index is 14.1. The fourth-order valence-electron chi connectivity index (χ4n) is 7.35. The second kappa shape index (κ2) is 14.6. The molecule has 246 valence electrons. The summed E-state index contributed by atoms with van der Waals surface area (Å²) < 4.78 is 7.79. The fraction of sp³-hybridized carbons (Fsp3) is 0.111. The zero-order valence-corrected chi connectivity index (χ0v) is 28.0. The molecule has 1 atom stereocenters. The van der Waals surface area contributed by atoms with Gasteiger partial charge in [-0.25, -0.2) is 4.98 Å². The summed E-state index contributed by atoms with van der Waals surface area (Å²) in [6.45, 7) is 0. The van der Waals surface area contributed by atoms with Gasteiger partial charge in [0.25, 0.3) is 0 Å². The molecule has 5 heteroatoms. The average Bonchev–Trinajstić information content (AvgIpc) is 3.67. The van der Waals surface area contributed by atoms with Gasteiger partial charge in [-0.3, -0.25) is 10.1 Å². The summed E-state index contributed by atoms with van der Waals surface area (Å²) in [4.78, 5) is 18.8. The van der Waals surface area contributed by atoms with Crippen molar-refractivity contribution in [1.82, 2.24) is 14.9 Å². The summed E-state index contributed by atoms with van der Waals surface area (Å²) in [5.41, 5.74) is 5.44. The van der Waals surface area contributed by atoms with Crippen LogP contribution >= 0.6 is 0 Å². The maximum Gasteiger partial charge on any atom is 0.323 e. The largest absolute Gasteiger partial charge is 0.468 e. The minimum atomic E-state index is -0.886. The molecule has 0 bridgehead atoms. The van der Waals surface area contributed by atoms with Crippen LogP contribution in [-0.4, -0.2) is 28.7 Å². The number of hydrogen-bond acceptors (Lipinski definition) is 4. The average molecular weight is 654 g/mol. The van der Waals surface area contributed by atoms with E-state index in [1.807, 2.05) is 85.3 Å². The van der Waals surface area contributed by atoms with Crippen molar-refractivity contribution >= 4 is 5.97 Å². The Morgan fingerprint density at radius 3 is 1.26 bits per heavy atom. The van der Waals surface area contributed by atoms with Gasteiger partial charge in [-0.1, -0.05) is 182 Å². The van der Waals surface area contributed by atoms with E-state index in [-0.39, 0.29) is 5.97 Å². The molecule has 1 N–H and O–H groups in total. The summed E-state index contributed by atoms with van der Waals surface area (Å²) in [6.07, 6.45) is 4.06. The third kappa shape index (κ3) is 5.93. The third-order valence-corrected chi connectivity index (χ3v) is 9.56. The van der Waals surface area contributed by atoms with E-state index < -0.39 is 17.1 Å². The standard InChI is InChI=1S/C45H39N3O2/c1-50-43(49)42(47-44(35-20-8-2-9-21-35,36-22-10-3-11-23-36)37-24-12-4-13-25-37)32-41-33-46-34-48(41)45(38-26-14-5-15-27-38,39-28-16-6-17-29-39)40-30-18-7-19-31-40/h2-31,33-34,42,47H,32H2,1H3/t42-/m0/s1. The molecule has 7 aromatic rings. The highest BCUT2D eigenvalue weighted by Crippen LogP contribution is 2.42. The van der Waals surface area contributed by atoms with Crippen molar-refractivity contribution in [1.29, 1.82) is 0 Å². The van der Waals surface area contributed by atoms with E-state index in [9.17, 15) is 4.79 Å². The number of hydrogen-bond donors (Lipinski definition) is 1. The van der Waals surface area contributed by atoms with E-state index >= 15 is 0 Å². The first-order valence-corrected chi connectivity index (χ1v) is 16.9. The fourth-order valence-corrected chi connectivity index (χ4v) is 7.35. The first kappa shape index (κ1) is 32.5. The van der Waals surface area contributed by atoms with Gasteiger partial charge in [-0.2, -0.15) is 0 Å². The molecule has 0 aliphatic rings. The highest BCUT2D eigenvalue weighted by molar-refractivity contribution is 5.76. The Hall–Kier alpha value is -6.04. The third-order valence-electron chi connectivity index (χ3n) is 9.56. The summed E-state index contributed by atoms with van der Waals surface area (Å²) in [5.74, 6) is -0.366. The number of esters is 1. The second-order valence-corrected chi connectivity index (χ2v) is 12.3. The molecule has 7 rings (SSSR count). The van der Waals surface area contributed by atoms with Crippen molar-refractivity contribution < 1.29 is 9.53 Å². The number of rotatable bonds is 12. The highest BCUT2D eigenvalue weighted by Gasteiger charge is 2.43. The van der Waals surface area contributed by atoms with E-state index in [2.05, 4.69) is 119 Å². The number of carbonyl (C=O) groups is 1. The summed E-state index contributed by atoms with van der Waals surface area (Å²) in [7, 11) is 1.45. The van der Waals surface area contributed by atoms with E-state index in [0.29, 0.717) is 6.42 Å². The predicted octanol–water partition coefficient (Wildman–Crippen LogP) is 8.39. The lowest BCUT2D eigenvalue weighted by molar-refractivity contribution is -0.143. The molecule has 0 fully saturated rings. The SMILES string of the molecule is COC(=O)[C@H](Cc1cncn1C(c1ccccc1)(c1ccccc1)c1ccccc1)NC(c1ccccc1)(c1ccccc1)c1ccccc1. The number of methoxy groups -OCH3 is 1. The lowest BCUT2D eigenvalue weighted by atomic mass is 9.76. The maximum atomic E-state index is 14.1. The van der Waals surface area contributed by atoms with Crippen molar-refractivity contribution in [2.24, 2.45) is 0 Å². The second-order valence-electron chi connectivity index (χ2n) is 12.3. The zero-order valence-electron chi connectivity index (χ0n) is 28.0. The first-order chi connectivity index (χ1) is 24.7. The molecule has 0 spiro atoms. The molecule has 1 aromatic heterocycles. The minimum Gasteiger partial charge on any atom is -0.468 e. The number of carbonyl (C=O) groups excluding carboxylic acids is 1. The summed E-state index contributed by atoms with van der Waals surface area (Å²) >= 11 is 0. The molecular weight excluding hydrogens is 615 g/mol. The molecule has 50 heavy (non-hydrogen) atoms. The number of aromatic nitrogens is 2. The van der Waals surface area contributed by atoms with Crippen molar-refractivity contribution in [2.45, 2.75) is 23.5 Å². The van der Waals surface area contributed by atoms with Gasteiger partial charge in [-0.05, 0) is 33.4 Å². The molecule has 5 nitrogen and oxygen atoms in total. The molecular formula is C45H39N3O2. The number of ether oxygens (including phenoxy) is 1. The van der Waals surface area contributed by atoms with Crippen LogP contribution in [0.5, 0.6) is 0 Å². The van der Waals surface area contributed by atoms with Gasteiger partial charge in [0, 0.05) is 18.3 Å². The molecule has 0 amide bonds. The van der Waals surface area contributed by atoms with Crippen molar-refractivity contribution in [3.8, 4) is 0 Å². The number of benzene rings is 6. The van der Waals surface area contributed by atoms with Gasteiger partial charge >= 0.3 is 5.97 Å². The van der Waals surface area contributed by atoms with E-state index in [1.165, 1.54) is 7.11 Å². The van der Waals surface area contributed by atoms with Crippen LogP contribution in [0.25, 0.3) is 0 Å². The van der Waals surface area contributed by atoms with Crippen molar-refractivity contribution in [2.75, 3.05) is 7.11 Å². The Balaban J connectivity index is 1.43. The smallest absolute Gasteiger partial charge is 0.323 e. The topological polar surface area (TPSA) is 56.1 Å². The molecule has 0 unspecified atom stereocenters. The predicted molar refractivity (Wildman–Crippen MR) is 199 cm³/mol. The van der Waals surface area contributed by atoms with Gasteiger partial charge in [0.15, 0.2) is 0 Å². The zero-order chi connectivity index (χ0) is 34.2. The molecule has 0 radical (unpaired) electrons. The van der Waals surface area contributed by atoms with Gasteiger partial charge in [0.2, 0.25) is 0 Å². The Labute approximate surface area is 293 Å². The number of nitrogens with zero attached hydrogens (tertiary/aromatic N) is 2. The highest BCUT2D eigenvalue weighted by atomic mass is 16.5. The Kier molecular flexibility index (Phi) is 9.50. The summed E-state index contributed by atoms with van der Waals surface area (Å²) in [5, 5.41) is 3.89. The Morgan fingerprint density at radius 1 is 0.580 bits per heavy atom. The van der Waals surface area contributed by atoms with E-state index in [4.69, 9.17) is 9.72 Å². The Bertz CT molecular complexity index is 1910.